The Bertz CT molecular complexity index is 961. The van der Waals surface area contributed by atoms with Gasteiger partial charge in [0.2, 0.25) is 0 Å². The van der Waals surface area contributed by atoms with E-state index in [9.17, 15) is 14.4 Å². The summed E-state index contributed by atoms with van der Waals surface area (Å²) in [4.78, 5) is 39.5. The number of para-hydroxylation sites is 2. The van der Waals surface area contributed by atoms with Gasteiger partial charge in [0.25, 0.3) is 17.4 Å². The lowest BCUT2D eigenvalue weighted by Gasteiger charge is -2.21. The predicted molar refractivity (Wildman–Crippen MR) is 113 cm³/mol. The molecule has 1 aliphatic rings. The van der Waals surface area contributed by atoms with E-state index < -0.39 is 11.5 Å². The minimum atomic E-state index is -0.502. The SMILES string of the molecule is COc1ccccc1OCC(=O)Nc1cc(C(=O)N2CCCCCC2)cn(C)c1=O. The second kappa shape index (κ2) is 9.96. The second-order valence-electron chi connectivity index (χ2n) is 7.25. The number of aryl methyl sites for hydroxylation is 1. The van der Waals surface area contributed by atoms with Crippen molar-refractivity contribution < 1.29 is 19.1 Å². The van der Waals surface area contributed by atoms with Crippen molar-refractivity contribution in [3.8, 4) is 11.5 Å². The van der Waals surface area contributed by atoms with Crippen LogP contribution < -0.4 is 20.3 Å². The van der Waals surface area contributed by atoms with Gasteiger partial charge < -0.3 is 24.3 Å². The van der Waals surface area contributed by atoms with Crippen LogP contribution in [-0.4, -0.2) is 48.1 Å². The maximum Gasteiger partial charge on any atom is 0.274 e. The number of anilines is 1. The number of nitrogens with one attached hydrogen (secondary N) is 1. The minimum absolute atomic E-state index is 0.0480. The molecule has 0 spiro atoms. The summed E-state index contributed by atoms with van der Waals surface area (Å²) in [5.74, 6) is 0.296. The number of nitrogens with zero attached hydrogens (tertiary/aromatic N) is 2. The summed E-state index contributed by atoms with van der Waals surface area (Å²) in [5, 5.41) is 2.56. The number of methoxy groups -OCH3 is 1. The number of benzene rings is 1. The van der Waals surface area contributed by atoms with Crippen molar-refractivity contribution in [1.82, 2.24) is 9.47 Å². The summed E-state index contributed by atoms with van der Waals surface area (Å²) < 4.78 is 12.0. The van der Waals surface area contributed by atoms with E-state index in [2.05, 4.69) is 5.32 Å². The Morgan fingerprint density at radius 3 is 2.40 bits per heavy atom. The lowest BCUT2D eigenvalue weighted by molar-refractivity contribution is -0.118. The summed E-state index contributed by atoms with van der Waals surface area (Å²) in [6.07, 6.45) is 5.69. The molecule has 0 bridgehead atoms. The van der Waals surface area contributed by atoms with Gasteiger partial charge in [0, 0.05) is 26.3 Å². The van der Waals surface area contributed by atoms with Gasteiger partial charge >= 0.3 is 0 Å². The third-order valence-corrected chi connectivity index (χ3v) is 5.03. The smallest absolute Gasteiger partial charge is 0.274 e. The molecule has 3 rings (SSSR count). The first-order chi connectivity index (χ1) is 14.5. The zero-order valence-electron chi connectivity index (χ0n) is 17.3. The van der Waals surface area contributed by atoms with Crippen molar-refractivity contribution in [3.05, 3.63) is 52.4 Å². The van der Waals surface area contributed by atoms with E-state index in [1.807, 2.05) is 4.90 Å². The molecular formula is C22H27N3O5. The number of carbonyl (C=O) groups excluding carboxylic acids is 2. The summed E-state index contributed by atoms with van der Waals surface area (Å²) in [7, 11) is 3.07. The van der Waals surface area contributed by atoms with Crippen LogP contribution in [0.25, 0.3) is 0 Å². The van der Waals surface area contributed by atoms with E-state index in [1.165, 1.54) is 23.9 Å². The summed E-state index contributed by atoms with van der Waals surface area (Å²) in [6, 6.07) is 8.41. The van der Waals surface area contributed by atoms with E-state index >= 15 is 0 Å². The summed E-state index contributed by atoms with van der Waals surface area (Å²) >= 11 is 0. The zero-order chi connectivity index (χ0) is 21.5. The molecule has 1 fully saturated rings. The van der Waals surface area contributed by atoms with Gasteiger partial charge in [-0.2, -0.15) is 0 Å². The fourth-order valence-corrected chi connectivity index (χ4v) is 3.44. The Morgan fingerprint density at radius 2 is 1.73 bits per heavy atom. The highest BCUT2D eigenvalue weighted by molar-refractivity contribution is 5.97. The Hall–Kier alpha value is -3.29. The maximum absolute atomic E-state index is 12.9. The Morgan fingerprint density at radius 1 is 1.07 bits per heavy atom. The molecule has 1 aliphatic heterocycles. The third kappa shape index (κ3) is 5.20. The van der Waals surface area contributed by atoms with Crippen LogP contribution in [0.15, 0.2) is 41.3 Å². The molecule has 1 N–H and O–H groups in total. The number of hydrogen-bond donors (Lipinski definition) is 1. The van der Waals surface area contributed by atoms with Crippen LogP contribution in [0.4, 0.5) is 5.69 Å². The average molecular weight is 413 g/mol. The van der Waals surface area contributed by atoms with Crippen molar-refractivity contribution in [2.75, 3.05) is 32.1 Å². The van der Waals surface area contributed by atoms with Gasteiger partial charge in [-0.1, -0.05) is 25.0 Å². The Labute approximate surface area is 175 Å². The number of hydrogen-bond acceptors (Lipinski definition) is 5. The largest absolute Gasteiger partial charge is 0.493 e. The molecule has 8 heteroatoms. The van der Waals surface area contributed by atoms with Gasteiger partial charge in [0.1, 0.15) is 5.69 Å². The van der Waals surface area contributed by atoms with Gasteiger partial charge in [-0.05, 0) is 31.0 Å². The highest BCUT2D eigenvalue weighted by atomic mass is 16.5. The van der Waals surface area contributed by atoms with Crippen molar-refractivity contribution in [1.29, 1.82) is 0 Å². The number of aromatic nitrogens is 1. The molecule has 8 nitrogen and oxygen atoms in total. The standard InChI is InChI=1S/C22H27N3O5/c1-24-14-16(21(27)25-11-7-3-4-8-12-25)13-17(22(24)28)23-20(26)15-30-19-10-6-5-9-18(19)29-2/h5-6,9-10,13-14H,3-4,7-8,11-12,15H2,1-2H3,(H,23,26). The van der Waals surface area contributed by atoms with E-state index in [0.717, 1.165) is 25.7 Å². The molecule has 160 valence electrons. The van der Waals surface area contributed by atoms with Crippen molar-refractivity contribution in [2.24, 2.45) is 7.05 Å². The van der Waals surface area contributed by atoms with Crippen molar-refractivity contribution in [3.63, 3.8) is 0 Å². The van der Waals surface area contributed by atoms with Crippen LogP contribution >= 0.6 is 0 Å². The Balaban J connectivity index is 1.71. The molecule has 1 aromatic carbocycles. The molecule has 0 unspecified atom stereocenters. The maximum atomic E-state index is 12.9. The Kier molecular flexibility index (Phi) is 7.11. The average Bonchev–Trinajstić information content (AvgIpc) is 3.04. The number of rotatable bonds is 6. The van der Waals surface area contributed by atoms with Crippen LogP contribution in [-0.2, 0) is 11.8 Å². The molecular weight excluding hydrogens is 386 g/mol. The van der Waals surface area contributed by atoms with Gasteiger partial charge in [-0.3, -0.25) is 14.4 Å². The number of carbonyl (C=O) groups is 2. The van der Waals surface area contributed by atoms with Crippen molar-refractivity contribution >= 4 is 17.5 Å². The monoisotopic (exact) mass is 413 g/mol. The van der Waals surface area contributed by atoms with E-state index in [4.69, 9.17) is 9.47 Å². The van der Waals surface area contributed by atoms with E-state index in [1.54, 1.807) is 31.3 Å². The molecule has 1 saturated heterocycles. The van der Waals surface area contributed by atoms with Gasteiger partial charge in [0.05, 0.1) is 12.7 Å². The first-order valence-electron chi connectivity index (χ1n) is 10.0. The topological polar surface area (TPSA) is 89.9 Å². The first kappa shape index (κ1) is 21.4. The van der Waals surface area contributed by atoms with E-state index in [-0.39, 0.29) is 18.2 Å². The normalized spacial score (nSPS) is 14.0. The van der Waals surface area contributed by atoms with Gasteiger partial charge in [-0.15, -0.1) is 0 Å². The van der Waals surface area contributed by atoms with Crippen LogP contribution in [0.5, 0.6) is 11.5 Å². The second-order valence-corrected chi connectivity index (χ2v) is 7.25. The highest BCUT2D eigenvalue weighted by Crippen LogP contribution is 2.25. The molecule has 30 heavy (non-hydrogen) atoms. The molecule has 0 radical (unpaired) electrons. The molecule has 1 aromatic heterocycles. The van der Waals surface area contributed by atoms with E-state index in [0.29, 0.717) is 30.2 Å². The molecule has 0 aliphatic carbocycles. The molecule has 2 amide bonds. The molecule has 2 heterocycles. The number of amides is 2. The molecule has 0 atom stereocenters. The zero-order valence-corrected chi connectivity index (χ0v) is 17.3. The van der Waals surface area contributed by atoms with Crippen LogP contribution in [0.3, 0.4) is 0 Å². The van der Waals surface area contributed by atoms with Gasteiger partial charge in [0.15, 0.2) is 18.1 Å². The van der Waals surface area contributed by atoms with Crippen LogP contribution in [0.2, 0.25) is 0 Å². The summed E-state index contributed by atoms with van der Waals surface area (Å²) in [6.45, 7) is 1.11. The summed E-state index contributed by atoms with van der Waals surface area (Å²) in [5.41, 5.74) is 0.0276. The lowest BCUT2D eigenvalue weighted by Crippen LogP contribution is -2.34. The molecule has 2 aromatic rings. The number of ether oxygens (including phenoxy) is 2. The predicted octanol–water partition coefficient (Wildman–Crippen LogP) is 2.43. The van der Waals surface area contributed by atoms with Crippen LogP contribution in [0.1, 0.15) is 36.0 Å². The van der Waals surface area contributed by atoms with Crippen LogP contribution in [0, 0.1) is 0 Å². The quantitative estimate of drug-likeness (QED) is 0.786. The third-order valence-electron chi connectivity index (χ3n) is 5.03. The molecule has 0 saturated carbocycles. The van der Waals surface area contributed by atoms with Crippen molar-refractivity contribution in [2.45, 2.75) is 25.7 Å². The van der Waals surface area contributed by atoms with Gasteiger partial charge in [-0.25, -0.2) is 0 Å². The first-order valence-corrected chi connectivity index (χ1v) is 10.0. The minimum Gasteiger partial charge on any atom is -0.493 e. The lowest BCUT2D eigenvalue weighted by atomic mass is 10.2. The highest BCUT2D eigenvalue weighted by Gasteiger charge is 2.20. The fourth-order valence-electron chi connectivity index (χ4n) is 3.44. The number of pyridine rings is 1. The number of likely N-dealkylation sites (tertiary alicyclic amines) is 1. The fraction of sp³-hybridized carbons (Fsp3) is 0.409.